The number of nitrogens with two attached hydrogens (primary N) is 1. The third kappa shape index (κ3) is 4.44. The lowest BCUT2D eigenvalue weighted by molar-refractivity contribution is 0.316. The van der Waals surface area contributed by atoms with Gasteiger partial charge in [-0.2, -0.15) is 0 Å². The quantitative estimate of drug-likeness (QED) is 0.337. The Morgan fingerprint density at radius 2 is 2.35 bits per heavy atom. The molecule has 1 rings (SSSR count). The molecule has 17 heavy (non-hydrogen) atoms. The van der Waals surface area contributed by atoms with E-state index in [4.69, 9.17) is 22.5 Å². The highest BCUT2D eigenvalue weighted by molar-refractivity contribution is 9.10. The maximum Gasteiger partial charge on any atom is 0.141 e. The lowest BCUT2D eigenvalue weighted by Crippen LogP contribution is -2.26. The van der Waals surface area contributed by atoms with Crippen molar-refractivity contribution in [2.45, 2.75) is 25.8 Å². The second kappa shape index (κ2) is 6.71. The Hall–Kier alpha value is -0.940. The SMILES string of the molecule is CCC(C/C(N)=N/O)Nc1ccc(Cl)cc1Br. The third-order valence-electron chi connectivity index (χ3n) is 2.37. The summed E-state index contributed by atoms with van der Waals surface area (Å²) in [6, 6.07) is 5.63. The molecule has 0 amide bonds. The Labute approximate surface area is 114 Å². The van der Waals surface area contributed by atoms with Gasteiger partial charge in [0.05, 0.1) is 0 Å². The molecule has 0 saturated heterocycles. The number of amidine groups is 1. The van der Waals surface area contributed by atoms with Crippen molar-refractivity contribution < 1.29 is 5.21 Å². The summed E-state index contributed by atoms with van der Waals surface area (Å²) < 4.78 is 0.892. The highest BCUT2D eigenvalue weighted by Gasteiger charge is 2.10. The van der Waals surface area contributed by atoms with Crippen LogP contribution in [0.5, 0.6) is 0 Å². The maximum atomic E-state index is 8.54. The topological polar surface area (TPSA) is 70.6 Å². The zero-order chi connectivity index (χ0) is 12.8. The van der Waals surface area contributed by atoms with Crippen LogP contribution in [0.1, 0.15) is 19.8 Å². The Morgan fingerprint density at radius 3 is 2.88 bits per heavy atom. The third-order valence-corrected chi connectivity index (χ3v) is 3.26. The normalized spacial score (nSPS) is 13.5. The van der Waals surface area contributed by atoms with Crippen molar-refractivity contribution >= 4 is 39.1 Å². The van der Waals surface area contributed by atoms with E-state index in [2.05, 4.69) is 26.4 Å². The summed E-state index contributed by atoms with van der Waals surface area (Å²) in [5, 5.41) is 15.5. The Morgan fingerprint density at radius 1 is 1.65 bits per heavy atom. The smallest absolute Gasteiger partial charge is 0.141 e. The summed E-state index contributed by atoms with van der Waals surface area (Å²) in [5.41, 5.74) is 6.43. The van der Waals surface area contributed by atoms with Crippen LogP contribution < -0.4 is 11.1 Å². The van der Waals surface area contributed by atoms with E-state index in [1.54, 1.807) is 0 Å². The number of hydrogen-bond donors (Lipinski definition) is 3. The number of rotatable bonds is 5. The van der Waals surface area contributed by atoms with Gasteiger partial charge in [-0.25, -0.2) is 0 Å². The van der Waals surface area contributed by atoms with E-state index in [0.29, 0.717) is 11.4 Å². The molecule has 0 aliphatic carbocycles. The fraction of sp³-hybridized carbons (Fsp3) is 0.364. The van der Waals surface area contributed by atoms with E-state index in [1.165, 1.54) is 0 Å². The molecule has 0 aliphatic rings. The van der Waals surface area contributed by atoms with Gasteiger partial charge in [0.1, 0.15) is 5.84 Å². The van der Waals surface area contributed by atoms with Crippen LogP contribution in [0.25, 0.3) is 0 Å². The first-order valence-electron chi connectivity index (χ1n) is 5.24. The zero-order valence-electron chi connectivity index (χ0n) is 9.45. The second-order valence-electron chi connectivity index (χ2n) is 3.67. The highest BCUT2D eigenvalue weighted by Crippen LogP contribution is 2.27. The fourth-order valence-corrected chi connectivity index (χ4v) is 2.21. The first-order valence-corrected chi connectivity index (χ1v) is 6.42. The van der Waals surface area contributed by atoms with Crippen molar-refractivity contribution in [3.63, 3.8) is 0 Å². The van der Waals surface area contributed by atoms with Crippen molar-refractivity contribution in [3.8, 4) is 0 Å². The van der Waals surface area contributed by atoms with Gasteiger partial charge >= 0.3 is 0 Å². The molecule has 0 bridgehead atoms. The van der Waals surface area contributed by atoms with Crippen molar-refractivity contribution in [2.24, 2.45) is 10.9 Å². The van der Waals surface area contributed by atoms with Crippen LogP contribution in [0, 0.1) is 0 Å². The second-order valence-corrected chi connectivity index (χ2v) is 4.96. The molecule has 6 heteroatoms. The summed E-state index contributed by atoms with van der Waals surface area (Å²) in [6.07, 6.45) is 1.35. The molecular formula is C11H15BrClN3O. The molecular weight excluding hydrogens is 305 g/mol. The first kappa shape index (κ1) is 14.1. The zero-order valence-corrected chi connectivity index (χ0v) is 11.8. The molecule has 1 aromatic rings. The Kier molecular flexibility index (Phi) is 5.58. The van der Waals surface area contributed by atoms with Crippen LogP contribution in [0.4, 0.5) is 5.69 Å². The molecule has 0 spiro atoms. The van der Waals surface area contributed by atoms with E-state index < -0.39 is 0 Å². The van der Waals surface area contributed by atoms with Gasteiger partial charge < -0.3 is 16.3 Å². The summed E-state index contributed by atoms with van der Waals surface area (Å²) in [4.78, 5) is 0. The molecule has 0 aliphatic heterocycles. The minimum atomic E-state index is 0.114. The van der Waals surface area contributed by atoms with Crippen molar-refractivity contribution in [1.29, 1.82) is 0 Å². The predicted molar refractivity (Wildman–Crippen MR) is 74.9 cm³/mol. The number of halogens is 2. The number of nitrogens with one attached hydrogen (secondary N) is 1. The molecule has 0 saturated carbocycles. The first-order chi connectivity index (χ1) is 8.06. The van der Waals surface area contributed by atoms with Crippen molar-refractivity contribution in [3.05, 3.63) is 27.7 Å². The maximum absolute atomic E-state index is 8.54. The molecule has 0 fully saturated rings. The lowest BCUT2D eigenvalue weighted by atomic mass is 10.1. The van der Waals surface area contributed by atoms with E-state index >= 15 is 0 Å². The monoisotopic (exact) mass is 319 g/mol. The van der Waals surface area contributed by atoms with E-state index in [1.807, 2.05) is 25.1 Å². The minimum Gasteiger partial charge on any atom is -0.409 e. The number of nitrogens with zero attached hydrogens (tertiary/aromatic N) is 1. The van der Waals surface area contributed by atoms with Gasteiger partial charge in [0, 0.05) is 27.6 Å². The Balaban J connectivity index is 2.73. The van der Waals surface area contributed by atoms with Gasteiger partial charge in [0.2, 0.25) is 0 Å². The van der Waals surface area contributed by atoms with Crippen LogP contribution in [0.3, 0.4) is 0 Å². The van der Waals surface area contributed by atoms with E-state index in [0.717, 1.165) is 16.6 Å². The summed E-state index contributed by atoms with van der Waals surface area (Å²) in [6.45, 7) is 2.03. The summed E-state index contributed by atoms with van der Waals surface area (Å²) >= 11 is 9.29. The van der Waals surface area contributed by atoms with Gasteiger partial charge in [-0.15, -0.1) is 0 Å². The molecule has 1 aromatic carbocycles. The summed E-state index contributed by atoms with van der Waals surface area (Å²) in [5.74, 6) is 0.217. The molecule has 0 radical (unpaired) electrons. The lowest BCUT2D eigenvalue weighted by Gasteiger charge is -2.18. The Bertz CT molecular complexity index is 412. The van der Waals surface area contributed by atoms with Crippen LogP contribution in [-0.2, 0) is 0 Å². The van der Waals surface area contributed by atoms with Gasteiger partial charge in [-0.05, 0) is 40.5 Å². The van der Waals surface area contributed by atoms with Gasteiger partial charge in [-0.1, -0.05) is 23.7 Å². The number of anilines is 1. The van der Waals surface area contributed by atoms with E-state index in [-0.39, 0.29) is 11.9 Å². The van der Waals surface area contributed by atoms with Crippen LogP contribution in [0.2, 0.25) is 5.02 Å². The molecule has 4 N–H and O–H groups in total. The highest BCUT2D eigenvalue weighted by atomic mass is 79.9. The fourth-order valence-electron chi connectivity index (χ4n) is 1.42. The number of hydrogen-bond acceptors (Lipinski definition) is 3. The predicted octanol–water partition coefficient (Wildman–Crippen LogP) is 3.43. The van der Waals surface area contributed by atoms with Gasteiger partial charge in [0.25, 0.3) is 0 Å². The van der Waals surface area contributed by atoms with Gasteiger partial charge in [0.15, 0.2) is 0 Å². The molecule has 0 heterocycles. The molecule has 4 nitrogen and oxygen atoms in total. The molecule has 1 unspecified atom stereocenters. The standard InChI is InChI=1S/C11H15BrClN3O/c1-2-8(6-11(14)16-17)15-10-4-3-7(13)5-9(10)12/h3-5,8,15,17H,2,6H2,1H3,(H2,14,16). The van der Waals surface area contributed by atoms with Crippen molar-refractivity contribution in [2.75, 3.05) is 5.32 Å². The van der Waals surface area contributed by atoms with Crippen LogP contribution in [0.15, 0.2) is 27.8 Å². The molecule has 0 aromatic heterocycles. The van der Waals surface area contributed by atoms with Crippen LogP contribution in [-0.4, -0.2) is 17.1 Å². The number of benzene rings is 1. The van der Waals surface area contributed by atoms with Crippen molar-refractivity contribution in [1.82, 2.24) is 0 Å². The average molecular weight is 321 g/mol. The average Bonchev–Trinajstić information content (AvgIpc) is 2.31. The molecule has 94 valence electrons. The molecule has 1 atom stereocenters. The largest absolute Gasteiger partial charge is 0.409 e. The number of oxime groups is 1. The van der Waals surface area contributed by atoms with Gasteiger partial charge in [-0.3, -0.25) is 0 Å². The van der Waals surface area contributed by atoms with E-state index in [9.17, 15) is 0 Å². The summed E-state index contributed by atoms with van der Waals surface area (Å²) in [7, 11) is 0. The van der Waals surface area contributed by atoms with Crippen LogP contribution >= 0.6 is 27.5 Å². The minimum absolute atomic E-state index is 0.114.